The zero-order valence-electron chi connectivity index (χ0n) is 18.4. The third-order valence-electron chi connectivity index (χ3n) is 4.95. The molecule has 1 N–H and O–H groups in total. The maximum Gasteiger partial charge on any atom is 0.234 e. The number of carbonyl (C=O) groups excluding carboxylic acids is 1. The van der Waals surface area contributed by atoms with Crippen molar-refractivity contribution in [1.29, 1.82) is 0 Å². The molecule has 8 heteroatoms. The first-order chi connectivity index (χ1) is 14.8. The number of aromatic nitrogens is 3. The van der Waals surface area contributed by atoms with Crippen LogP contribution < -0.4 is 10.1 Å². The minimum absolute atomic E-state index is 0.127. The lowest BCUT2D eigenvalue weighted by molar-refractivity contribution is -0.113. The summed E-state index contributed by atoms with van der Waals surface area (Å²) >= 11 is 7.44. The molecule has 0 fully saturated rings. The molecule has 1 amide bonds. The fraction of sp³-hybridized carbons (Fsp3) is 0.348. The molecule has 0 unspecified atom stereocenters. The van der Waals surface area contributed by atoms with E-state index in [1.54, 1.807) is 6.07 Å². The highest BCUT2D eigenvalue weighted by molar-refractivity contribution is 7.99. The van der Waals surface area contributed by atoms with Gasteiger partial charge in [0.1, 0.15) is 12.4 Å². The van der Waals surface area contributed by atoms with Crippen LogP contribution in [0.1, 0.15) is 42.3 Å². The highest BCUT2D eigenvalue weighted by Gasteiger charge is 2.14. The van der Waals surface area contributed by atoms with Gasteiger partial charge in [-0.3, -0.25) is 4.79 Å². The molecule has 0 saturated heterocycles. The Labute approximate surface area is 192 Å². The molecular formula is C23H27ClN4O2S. The molecule has 0 radical (unpaired) electrons. The Morgan fingerprint density at radius 2 is 2.00 bits per heavy atom. The Bertz CT molecular complexity index is 1080. The molecule has 1 heterocycles. The van der Waals surface area contributed by atoms with Crippen molar-refractivity contribution in [1.82, 2.24) is 14.8 Å². The summed E-state index contributed by atoms with van der Waals surface area (Å²) in [5.41, 5.74) is 3.87. The second kappa shape index (κ2) is 10.2. The number of halogens is 1. The lowest BCUT2D eigenvalue weighted by atomic mass is 10.0. The zero-order chi connectivity index (χ0) is 22.5. The standard InChI is InChI=1S/C23H27ClN4O2S/c1-14(2)17-10-9-15(3)11-20(17)30-12-21-26-27-23(28(21)5)31-13-22(29)25-19-8-6-7-18(24)16(19)4/h6-11,14H,12-13H2,1-5H3,(H,25,29). The number of anilines is 1. The maximum atomic E-state index is 12.4. The number of benzene rings is 2. The lowest BCUT2D eigenvalue weighted by Crippen LogP contribution is -2.15. The van der Waals surface area contributed by atoms with Crippen molar-refractivity contribution in [2.45, 2.75) is 45.4 Å². The maximum absolute atomic E-state index is 12.4. The van der Waals surface area contributed by atoms with E-state index in [0.29, 0.717) is 34.2 Å². The fourth-order valence-corrected chi connectivity index (χ4v) is 3.95. The average Bonchev–Trinajstić information content (AvgIpc) is 3.07. The molecule has 31 heavy (non-hydrogen) atoms. The van der Waals surface area contributed by atoms with Crippen molar-refractivity contribution in [3.63, 3.8) is 0 Å². The highest BCUT2D eigenvalue weighted by Crippen LogP contribution is 2.28. The number of rotatable bonds is 8. The van der Waals surface area contributed by atoms with Gasteiger partial charge in [-0.2, -0.15) is 0 Å². The molecule has 0 aliphatic carbocycles. The van der Waals surface area contributed by atoms with Gasteiger partial charge in [-0.1, -0.05) is 55.4 Å². The van der Waals surface area contributed by atoms with Gasteiger partial charge in [0.2, 0.25) is 5.91 Å². The van der Waals surface area contributed by atoms with E-state index in [1.165, 1.54) is 11.8 Å². The third-order valence-corrected chi connectivity index (χ3v) is 6.38. The van der Waals surface area contributed by atoms with E-state index in [4.69, 9.17) is 16.3 Å². The monoisotopic (exact) mass is 458 g/mol. The normalized spacial score (nSPS) is 11.1. The van der Waals surface area contributed by atoms with Gasteiger partial charge in [-0.25, -0.2) is 0 Å². The molecule has 0 aliphatic rings. The van der Waals surface area contributed by atoms with Gasteiger partial charge >= 0.3 is 0 Å². The van der Waals surface area contributed by atoms with Gasteiger partial charge in [0.15, 0.2) is 11.0 Å². The Morgan fingerprint density at radius 3 is 2.74 bits per heavy atom. The summed E-state index contributed by atoms with van der Waals surface area (Å²) in [6.07, 6.45) is 0. The smallest absolute Gasteiger partial charge is 0.234 e. The van der Waals surface area contributed by atoms with E-state index in [0.717, 1.165) is 22.4 Å². The van der Waals surface area contributed by atoms with Crippen molar-refractivity contribution < 1.29 is 9.53 Å². The second-order valence-corrected chi connectivity index (χ2v) is 9.04. The van der Waals surface area contributed by atoms with E-state index < -0.39 is 0 Å². The van der Waals surface area contributed by atoms with Crippen molar-refractivity contribution in [2.24, 2.45) is 7.05 Å². The molecule has 0 saturated carbocycles. The summed E-state index contributed by atoms with van der Waals surface area (Å²) in [4.78, 5) is 12.4. The van der Waals surface area contributed by atoms with E-state index >= 15 is 0 Å². The van der Waals surface area contributed by atoms with E-state index in [2.05, 4.69) is 41.5 Å². The summed E-state index contributed by atoms with van der Waals surface area (Å²) in [7, 11) is 1.87. The van der Waals surface area contributed by atoms with Crippen LogP contribution in [0.5, 0.6) is 5.75 Å². The van der Waals surface area contributed by atoms with Crippen LogP contribution in [0.25, 0.3) is 0 Å². The summed E-state index contributed by atoms with van der Waals surface area (Å²) in [6.45, 7) is 8.51. The molecule has 164 valence electrons. The fourth-order valence-electron chi connectivity index (χ4n) is 3.04. The second-order valence-electron chi connectivity index (χ2n) is 7.69. The van der Waals surface area contributed by atoms with Crippen LogP contribution in [0.15, 0.2) is 41.6 Å². The Kier molecular flexibility index (Phi) is 7.62. The quantitative estimate of drug-likeness (QED) is 0.450. The summed E-state index contributed by atoms with van der Waals surface area (Å²) in [5.74, 6) is 2.02. The zero-order valence-corrected chi connectivity index (χ0v) is 20.0. The van der Waals surface area contributed by atoms with E-state index in [9.17, 15) is 4.79 Å². The largest absolute Gasteiger partial charge is 0.485 e. The minimum atomic E-state index is -0.127. The Balaban J connectivity index is 1.60. The molecule has 0 atom stereocenters. The Hall–Kier alpha value is -2.51. The minimum Gasteiger partial charge on any atom is -0.485 e. The van der Waals surface area contributed by atoms with Gasteiger partial charge in [0, 0.05) is 17.8 Å². The summed E-state index contributed by atoms with van der Waals surface area (Å²) in [5, 5.41) is 12.6. The molecule has 3 rings (SSSR count). The van der Waals surface area contributed by atoms with Crippen LogP contribution in [0.3, 0.4) is 0 Å². The van der Waals surface area contributed by atoms with Crippen molar-refractivity contribution in [2.75, 3.05) is 11.1 Å². The molecule has 1 aromatic heterocycles. The first-order valence-electron chi connectivity index (χ1n) is 10.1. The first-order valence-corrected chi connectivity index (χ1v) is 11.4. The topological polar surface area (TPSA) is 69.0 Å². The number of carbonyl (C=O) groups is 1. The van der Waals surface area contributed by atoms with Gasteiger partial charge in [-0.15, -0.1) is 10.2 Å². The van der Waals surface area contributed by atoms with E-state index in [1.807, 2.05) is 43.7 Å². The van der Waals surface area contributed by atoms with Crippen LogP contribution in [-0.2, 0) is 18.4 Å². The number of nitrogens with one attached hydrogen (secondary N) is 1. The molecule has 0 aliphatic heterocycles. The van der Waals surface area contributed by atoms with Gasteiger partial charge in [0.05, 0.1) is 5.75 Å². The number of ether oxygens (including phenoxy) is 1. The molecule has 0 bridgehead atoms. The van der Waals surface area contributed by atoms with Crippen molar-refractivity contribution in [3.05, 3.63) is 63.9 Å². The van der Waals surface area contributed by atoms with Crippen LogP contribution in [0.2, 0.25) is 5.02 Å². The van der Waals surface area contributed by atoms with Crippen LogP contribution in [-0.4, -0.2) is 26.4 Å². The van der Waals surface area contributed by atoms with Crippen LogP contribution in [0.4, 0.5) is 5.69 Å². The third kappa shape index (κ3) is 5.80. The van der Waals surface area contributed by atoms with E-state index in [-0.39, 0.29) is 11.7 Å². The average molecular weight is 459 g/mol. The van der Waals surface area contributed by atoms with Crippen molar-refractivity contribution in [3.8, 4) is 5.75 Å². The number of aryl methyl sites for hydroxylation is 1. The number of amides is 1. The van der Waals surface area contributed by atoms with Crippen molar-refractivity contribution >= 4 is 35.0 Å². The molecule has 3 aromatic rings. The number of nitrogens with zero attached hydrogens (tertiary/aromatic N) is 3. The number of thioether (sulfide) groups is 1. The molecular weight excluding hydrogens is 432 g/mol. The Morgan fingerprint density at radius 1 is 1.23 bits per heavy atom. The number of hydrogen-bond donors (Lipinski definition) is 1. The van der Waals surface area contributed by atoms with Gasteiger partial charge in [0.25, 0.3) is 0 Å². The molecule has 0 spiro atoms. The predicted molar refractivity (Wildman–Crippen MR) is 126 cm³/mol. The van der Waals surface area contributed by atoms with Crippen LogP contribution >= 0.6 is 23.4 Å². The SMILES string of the molecule is Cc1ccc(C(C)C)c(OCc2nnc(SCC(=O)Nc3cccc(Cl)c3C)n2C)c1. The number of hydrogen-bond acceptors (Lipinski definition) is 5. The van der Waals surface area contributed by atoms with Crippen LogP contribution in [0, 0.1) is 13.8 Å². The first kappa shape index (κ1) is 23.2. The molecule has 6 nitrogen and oxygen atoms in total. The highest BCUT2D eigenvalue weighted by atomic mass is 35.5. The summed E-state index contributed by atoms with van der Waals surface area (Å²) in [6, 6.07) is 11.7. The summed E-state index contributed by atoms with van der Waals surface area (Å²) < 4.78 is 7.92. The van der Waals surface area contributed by atoms with Gasteiger partial charge < -0.3 is 14.6 Å². The lowest BCUT2D eigenvalue weighted by Gasteiger charge is -2.14. The van der Waals surface area contributed by atoms with Gasteiger partial charge in [-0.05, 0) is 54.7 Å². The predicted octanol–water partition coefficient (Wildman–Crippen LogP) is 5.52. The molecule has 2 aromatic carbocycles.